The van der Waals surface area contributed by atoms with Gasteiger partial charge in [-0.15, -0.1) is 11.3 Å². The lowest BCUT2D eigenvalue weighted by Crippen LogP contribution is -2.27. The van der Waals surface area contributed by atoms with E-state index in [1.165, 1.54) is 33.3 Å². The van der Waals surface area contributed by atoms with Crippen LogP contribution in [0.3, 0.4) is 0 Å². The number of esters is 1. The summed E-state index contributed by atoms with van der Waals surface area (Å²) in [6.45, 7) is 5.38. The molecule has 0 aliphatic heterocycles. The van der Waals surface area contributed by atoms with E-state index >= 15 is 0 Å². The molecule has 1 aromatic rings. The fraction of sp³-hybridized carbons (Fsp3) is 0.650. The van der Waals surface area contributed by atoms with Crippen LogP contribution in [0.1, 0.15) is 84.4 Å². The molecule has 0 unspecified atom stereocenters. The van der Waals surface area contributed by atoms with Crippen molar-refractivity contribution in [3.63, 3.8) is 0 Å². The van der Waals surface area contributed by atoms with Crippen molar-refractivity contribution in [1.82, 2.24) is 0 Å². The van der Waals surface area contributed by atoms with E-state index in [1.807, 2.05) is 0 Å². The topological polar surface area (TPSA) is 72.5 Å². The Hall–Kier alpha value is -1.69. The highest BCUT2D eigenvalue weighted by molar-refractivity contribution is 7.18. The number of nitrogens with one attached hydrogen (secondary N) is 1. The second-order valence-electron chi connectivity index (χ2n) is 7.16. The first-order chi connectivity index (χ1) is 12.4. The molecule has 1 aliphatic rings. The standard InChI is InChI=1S/C20H29NO4S/c1-5-6-7-14-8-10-15(11-9-14)18(23)21-19-16(20(24)25-4)12(2)17(26-19)13(3)22/h14-15H,5-11H2,1-4H3,(H,21,23). The Labute approximate surface area is 159 Å². The maximum absolute atomic E-state index is 12.7. The average molecular weight is 380 g/mol. The van der Waals surface area contributed by atoms with Crippen LogP contribution < -0.4 is 5.32 Å². The van der Waals surface area contributed by atoms with Gasteiger partial charge < -0.3 is 10.1 Å². The molecule has 1 amide bonds. The highest BCUT2D eigenvalue weighted by Gasteiger charge is 2.29. The lowest BCUT2D eigenvalue weighted by Gasteiger charge is -2.27. The van der Waals surface area contributed by atoms with Gasteiger partial charge in [-0.3, -0.25) is 9.59 Å². The number of thiophene rings is 1. The molecule has 6 heteroatoms. The Bertz CT molecular complexity index is 672. The van der Waals surface area contributed by atoms with Crippen molar-refractivity contribution in [2.24, 2.45) is 11.8 Å². The minimum Gasteiger partial charge on any atom is -0.465 e. The van der Waals surface area contributed by atoms with E-state index in [4.69, 9.17) is 4.74 Å². The van der Waals surface area contributed by atoms with Crippen LogP contribution in [0.15, 0.2) is 0 Å². The second kappa shape index (κ2) is 9.31. The quantitative estimate of drug-likeness (QED) is 0.535. The average Bonchev–Trinajstić information content (AvgIpc) is 2.96. The Balaban J connectivity index is 2.08. The molecule has 0 aromatic carbocycles. The smallest absolute Gasteiger partial charge is 0.341 e. The molecular formula is C20H29NO4S. The van der Waals surface area contributed by atoms with Gasteiger partial charge in [-0.2, -0.15) is 0 Å². The van der Waals surface area contributed by atoms with E-state index in [1.54, 1.807) is 6.92 Å². The number of ether oxygens (including phenoxy) is 1. The first-order valence-electron chi connectivity index (χ1n) is 9.42. The molecule has 1 saturated carbocycles. The Morgan fingerprint density at radius 1 is 1.19 bits per heavy atom. The van der Waals surface area contributed by atoms with Gasteiger partial charge in [-0.1, -0.05) is 26.2 Å². The summed E-state index contributed by atoms with van der Waals surface area (Å²) in [4.78, 5) is 37.1. The van der Waals surface area contributed by atoms with Crippen molar-refractivity contribution in [3.8, 4) is 0 Å². The SMILES string of the molecule is CCCCC1CCC(C(=O)Nc2sc(C(C)=O)c(C)c2C(=O)OC)CC1. The van der Waals surface area contributed by atoms with Crippen molar-refractivity contribution in [1.29, 1.82) is 0 Å². The van der Waals surface area contributed by atoms with Crippen LogP contribution in [-0.4, -0.2) is 24.8 Å². The van der Waals surface area contributed by atoms with Crippen LogP contribution in [0, 0.1) is 18.8 Å². The minimum atomic E-state index is -0.523. The van der Waals surface area contributed by atoms with Crippen molar-refractivity contribution < 1.29 is 19.1 Å². The van der Waals surface area contributed by atoms with Gasteiger partial charge >= 0.3 is 5.97 Å². The third-order valence-corrected chi connectivity index (χ3v) is 6.58. The summed E-state index contributed by atoms with van der Waals surface area (Å²) in [6, 6.07) is 0. The molecule has 5 nitrogen and oxygen atoms in total. The van der Waals surface area contributed by atoms with Crippen LogP contribution in [0.25, 0.3) is 0 Å². The number of rotatable bonds is 7. The third-order valence-electron chi connectivity index (χ3n) is 5.28. The molecule has 2 rings (SSSR count). The summed E-state index contributed by atoms with van der Waals surface area (Å²) < 4.78 is 4.83. The number of Topliss-reactive ketones (excluding diaryl/α,β-unsaturated/α-hetero) is 1. The molecule has 1 aliphatic carbocycles. The lowest BCUT2D eigenvalue weighted by atomic mass is 9.79. The van der Waals surface area contributed by atoms with Crippen LogP contribution in [-0.2, 0) is 9.53 Å². The second-order valence-corrected chi connectivity index (χ2v) is 8.18. The fourth-order valence-corrected chi connectivity index (χ4v) is 4.80. The molecule has 1 fully saturated rings. The van der Waals surface area contributed by atoms with E-state index in [0.29, 0.717) is 21.0 Å². The number of amides is 1. The number of unbranched alkanes of at least 4 members (excludes halogenated alkanes) is 1. The van der Waals surface area contributed by atoms with Gasteiger partial charge in [0.2, 0.25) is 5.91 Å². The molecule has 0 atom stereocenters. The zero-order chi connectivity index (χ0) is 19.3. The van der Waals surface area contributed by atoms with Crippen molar-refractivity contribution in [2.45, 2.75) is 65.7 Å². The highest BCUT2D eigenvalue weighted by atomic mass is 32.1. The molecule has 0 saturated heterocycles. The summed E-state index contributed by atoms with van der Waals surface area (Å²) in [7, 11) is 1.30. The van der Waals surface area contributed by atoms with Crippen LogP contribution >= 0.6 is 11.3 Å². The number of ketones is 1. The number of carbonyl (C=O) groups excluding carboxylic acids is 3. The maximum Gasteiger partial charge on any atom is 0.341 e. The molecule has 0 radical (unpaired) electrons. The molecule has 0 spiro atoms. The van der Waals surface area contributed by atoms with E-state index < -0.39 is 5.97 Å². The van der Waals surface area contributed by atoms with Crippen molar-refractivity contribution in [2.75, 3.05) is 12.4 Å². The zero-order valence-electron chi connectivity index (χ0n) is 16.1. The molecular weight excluding hydrogens is 350 g/mol. The predicted octanol–water partition coefficient (Wildman–Crippen LogP) is 4.98. The Morgan fingerprint density at radius 3 is 2.38 bits per heavy atom. The zero-order valence-corrected chi connectivity index (χ0v) is 17.0. The van der Waals surface area contributed by atoms with E-state index in [2.05, 4.69) is 12.2 Å². The van der Waals surface area contributed by atoms with Gasteiger partial charge in [0.15, 0.2) is 5.78 Å². The van der Waals surface area contributed by atoms with Gasteiger partial charge in [-0.25, -0.2) is 4.79 Å². The molecule has 1 aromatic heterocycles. The fourth-order valence-electron chi connectivity index (χ4n) is 3.71. The van der Waals surface area contributed by atoms with E-state index in [-0.39, 0.29) is 17.6 Å². The van der Waals surface area contributed by atoms with Crippen LogP contribution in [0.2, 0.25) is 0 Å². The highest BCUT2D eigenvalue weighted by Crippen LogP contribution is 2.36. The Kier molecular flexibility index (Phi) is 7.38. The summed E-state index contributed by atoms with van der Waals surface area (Å²) in [5.74, 6) is 0.0133. The first-order valence-corrected chi connectivity index (χ1v) is 10.2. The normalized spacial score (nSPS) is 19.8. The molecule has 26 heavy (non-hydrogen) atoms. The minimum absolute atomic E-state index is 0.0263. The van der Waals surface area contributed by atoms with Crippen molar-refractivity contribution >= 4 is 34.0 Å². The number of hydrogen-bond donors (Lipinski definition) is 1. The third kappa shape index (κ3) is 4.72. The number of anilines is 1. The van der Waals surface area contributed by atoms with Gasteiger partial charge in [0, 0.05) is 5.92 Å². The molecule has 144 valence electrons. The number of methoxy groups -OCH3 is 1. The largest absolute Gasteiger partial charge is 0.465 e. The summed E-state index contributed by atoms with van der Waals surface area (Å²) >= 11 is 1.16. The van der Waals surface area contributed by atoms with Gasteiger partial charge in [0.1, 0.15) is 5.00 Å². The Morgan fingerprint density at radius 2 is 1.85 bits per heavy atom. The first kappa shape index (κ1) is 20.6. The van der Waals surface area contributed by atoms with Gasteiger partial charge in [0.05, 0.1) is 17.6 Å². The van der Waals surface area contributed by atoms with Gasteiger partial charge in [0.25, 0.3) is 0 Å². The van der Waals surface area contributed by atoms with E-state index in [9.17, 15) is 14.4 Å². The predicted molar refractivity (Wildman–Crippen MR) is 104 cm³/mol. The monoisotopic (exact) mass is 379 g/mol. The number of carbonyl (C=O) groups is 3. The summed E-state index contributed by atoms with van der Waals surface area (Å²) in [5.41, 5.74) is 0.876. The molecule has 1 N–H and O–H groups in total. The van der Waals surface area contributed by atoms with Gasteiger partial charge in [-0.05, 0) is 51.0 Å². The summed E-state index contributed by atoms with van der Waals surface area (Å²) in [6.07, 6.45) is 7.67. The number of hydrogen-bond acceptors (Lipinski definition) is 5. The van der Waals surface area contributed by atoms with Crippen LogP contribution in [0.4, 0.5) is 5.00 Å². The lowest BCUT2D eigenvalue weighted by molar-refractivity contribution is -0.121. The molecule has 0 bridgehead atoms. The maximum atomic E-state index is 12.7. The summed E-state index contributed by atoms with van der Waals surface area (Å²) in [5, 5.41) is 3.32. The van der Waals surface area contributed by atoms with Crippen molar-refractivity contribution in [3.05, 3.63) is 16.0 Å². The van der Waals surface area contributed by atoms with E-state index in [0.717, 1.165) is 42.9 Å². The van der Waals surface area contributed by atoms with Crippen LogP contribution in [0.5, 0.6) is 0 Å². The molecule has 1 heterocycles.